The van der Waals surface area contributed by atoms with Crippen LogP contribution in [0.25, 0.3) is 5.82 Å². The van der Waals surface area contributed by atoms with Gasteiger partial charge in [0.15, 0.2) is 5.82 Å². The molecule has 3 aromatic rings. The number of carbonyl (C=O) groups excluding carboxylic acids is 2. The molecule has 0 aliphatic carbocycles. The molecule has 7 heteroatoms. The highest BCUT2D eigenvalue weighted by molar-refractivity contribution is 5.89. The summed E-state index contributed by atoms with van der Waals surface area (Å²) in [4.78, 5) is 32.5. The highest BCUT2D eigenvalue weighted by Gasteiger charge is 2.35. The van der Waals surface area contributed by atoms with Crippen molar-refractivity contribution >= 4 is 11.8 Å². The van der Waals surface area contributed by atoms with Gasteiger partial charge in [-0.05, 0) is 29.7 Å². The molecule has 0 saturated carbocycles. The second kappa shape index (κ2) is 9.12. The fraction of sp³-hybridized carbons (Fsp3) is 0.333. The van der Waals surface area contributed by atoms with E-state index >= 15 is 0 Å². The minimum absolute atomic E-state index is 0.0239. The third-order valence-corrected chi connectivity index (χ3v) is 5.91. The molecule has 0 spiro atoms. The number of hydrogen-bond donors (Lipinski definition) is 1. The summed E-state index contributed by atoms with van der Waals surface area (Å²) in [5.74, 6) is 0.428. The molecule has 1 aliphatic rings. The SMILES string of the molecule is CC[C@@H](C)C(=O)N1Cc2ccccc2C[C@H]1C(=O)NCc1cccnc1-n1cccn1. The summed E-state index contributed by atoms with van der Waals surface area (Å²) in [6.45, 7) is 4.69. The molecule has 4 rings (SSSR count). The van der Waals surface area contributed by atoms with E-state index in [-0.39, 0.29) is 17.7 Å². The Hall–Kier alpha value is -3.48. The Kier molecular flexibility index (Phi) is 6.11. The second-order valence-corrected chi connectivity index (χ2v) is 7.92. The van der Waals surface area contributed by atoms with Crippen LogP contribution in [-0.4, -0.2) is 37.5 Å². The van der Waals surface area contributed by atoms with Gasteiger partial charge < -0.3 is 10.2 Å². The Morgan fingerprint density at radius 1 is 1.13 bits per heavy atom. The molecule has 31 heavy (non-hydrogen) atoms. The first kappa shape index (κ1) is 20.8. The number of amides is 2. The Morgan fingerprint density at radius 3 is 2.68 bits per heavy atom. The van der Waals surface area contributed by atoms with Crippen molar-refractivity contribution in [3.05, 3.63) is 77.7 Å². The summed E-state index contributed by atoms with van der Waals surface area (Å²) in [6, 6.07) is 13.1. The summed E-state index contributed by atoms with van der Waals surface area (Å²) >= 11 is 0. The standard InChI is InChI=1S/C24H27N5O2/c1-3-17(2)24(31)28-16-20-9-5-4-8-18(20)14-21(28)23(30)26-15-19-10-6-11-25-22(19)29-13-7-12-27-29/h4-13,17,21H,3,14-16H2,1-2H3,(H,26,30)/t17-,21+/m1/s1. The van der Waals surface area contributed by atoms with Gasteiger partial charge in [0.25, 0.3) is 0 Å². The van der Waals surface area contributed by atoms with Crippen LogP contribution in [0.15, 0.2) is 61.1 Å². The number of carbonyl (C=O) groups is 2. The van der Waals surface area contributed by atoms with Gasteiger partial charge >= 0.3 is 0 Å². The third-order valence-electron chi connectivity index (χ3n) is 5.91. The van der Waals surface area contributed by atoms with Gasteiger partial charge in [0.1, 0.15) is 6.04 Å². The lowest BCUT2D eigenvalue weighted by Gasteiger charge is -2.37. The average molecular weight is 418 g/mol. The highest BCUT2D eigenvalue weighted by Crippen LogP contribution is 2.26. The lowest BCUT2D eigenvalue weighted by atomic mass is 9.92. The second-order valence-electron chi connectivity index (χ2n) is 7.92. The van der Waals surface area contributed by atoms with E-state index in [9.17, 15) is 9.59 Å². The minimum atomic E-state index is -0.527. The quantitative estimate of drug-likeness (QED) is 0.669. The molecule has 1 aromatic carbocycles. The predicted octanol–water partition coefficient (Wildman–Crippen LogP) is 2.88. The molecule has 2 atom stereocenters. The monoisotopic (exact) mass is 417 g/mol. The van der Waals surface area contributed by atoms with Gasteiger partial charge in [-0.1, -0.05) is 44.2 Å². The van der Waals surface area contributed by atoms with Crippen molar-refractivity contribution in [1.82, 2.24) is 25.0 Å². The van der Waals surface area contributed by atoms with Gasteiger partial charge in [0.2, 0.25) is 11.8 Å². The van der Waals surface area contributed by atoms with Crippen LogP contribution >= 0.6 is 0 Å². The van der Waals surface area contributed by atoms with Crippen molar-refractivity contribution in [1.29, 1.82) is 0 Å². The van der Waals surface area contributed by atoms with Gasteiger partial charge in [0.05, 0.1) is 0 Å². The Bertz CT molecular complexity index is 1060. The third kappa shape index (κ3) is 4.35. The number of hydrogen-bond acceptors (Lipinski definition) is 4. The molecule has 3 heterocycles. The molecule has 7 nitrogen and oxygen atoms in total. The van der Waals surface area contributed by atoms with E-state index in [1.54, 1.807) is 22.0 Å². The fourth-order valence-corrected chi connectivity index (χ4v) is 3.92. The van der Waals surface area contributed by atoms with Crippen molar-refractivity contribution in [3.63, 3.8) is 0 Å². The zero-order valence-electron chi connectivity index (χ0n) is 17.9. The molecule has 2 aromatic heterocycles. The number of benzene rings is 1. The topological polar surface area (TPSA) is 80.1 Å². The maximum atomic E-state index is 13.3. The summed E-state index contributed by atoms with van der Waals surface area (Å²) in [5.41, 5.74) is 3.08. The first-order valence-electron chi connectivity index (χ1n) is 10.7. The van der Waals surface area contributed by atoms with E-state index in [0.717, 1.165) is 23.1 Å². The highest BCUT2D eigenvalue weighted by atomic mass is 16.2. The van der Waals surface area contributed by atoms with Crippen molar-refractivity contribution in [2.24, 2.45) is 5.92 Å². The lowest BCUT2D eigenvalue weighted by Crippen LogP contribution is -2.53. The van der Waals surface area contributed by atoms with Crippen molar-refractivity contribution < 1.29 is 9.59 Å². The van der Waals surface area contributed by atoms with E-state index < -0.39 is 6.04 Å². The van der Waals surface area contributed by atoms with Gasteiger partial charge in [-0.15, -0.1) is 0 Å². The molecule has 1 aliphatic heterocycles. The Labute approximate surface area is 182 Å². The van der Waals surface area contributed by atoms with Gasteiger partial charge in [-0.3, -0.25) is 9.59 Å². The first-order chi connectivity index (χ1) is 15.1. The minimum Gasteiger partial charge on any atom is -0.350 e. The molecule has 2 amide bonds. The van der Waals surface area contributed by atoms with Crippen LogP contribution in [0.3, 0.4) is 0 Å². The molecule has 0 saturated heterocycles. The predicted molar refractivity (Wildman–Crippen MR) is 117 cm³/mol. The van der Waals surface area contributed by atoms with Crippen LogP contribution in [0.1, 0.15) is 37.0 Å². The Morgan fingerprint density at radius 2 is 1.94 bits per heavy atom. The van der Waals surface area contributed by atoms with Crippen molar-refractivity contribution in [2.45, 2.75) is 45.8 Å². The van der Waals surface area contributed by atoms with Crippen LogP contribution in [0.5, 0.6) is 0 Å². The van der Waals surface area contributed by atoms with Gasteiger partial charge in [-0.25, -0.2) is 9.67 Å². The van der Waals surface area contributed by atoms with E-state index in [0.29, 0.717) is 25.3 Å². The smallest absolute Gasteiger partial charge is 0.243 e. The molecule has 0 fully saturated rings. The Balaban J connectivity index is 1.54. The summed E-state index contributed by atoms with van der Waals surface area (Å²) in [5, 5.41) is 7.27. The number of nitrogens with one attached hydrogen (secondary N) is 1. The normalized spacial score (nSPS) is 16.5. The number of pyridine rings is 1. The van der Waals surface area contributed by atoms with E-state index in [2.05, 4.69) is 15.4 Å². The van der Waals surface area contributed by atoms with Crippen molar-refractivity contribution in [2.75, 3.05) is 0 Å². The number of fused-ring (bicyclic) bond motifs is 1. The van der Waals surface area contributed by atoms with Crippen LogP contribution in [0.2, 0.25) is 0 Å². The summed E-state index contributed by atoms with van der Waals surface area (Å²) in [7, 11) is 0. The maximum Gasteiger partial charge on any atom is 0.243 e. The van der Waals surface area contributed by atoms with Crippen LogP contribution in [0, 0.1) is 5.92 Å². The van der Waals surface area contributed by atoms with Crippen molar-refractivity contribution in [3.8, 4) is 5.82 Å². The zero-order valence-corrected chi connectivity index (χ0v) is 17.9. The zero-order chi connectivity index (χ0) is 21.8. The molecule has 1 N–H and O–H groups in total. The fourth-order valence-electron chi connectivity index (χ4n) is 3.92. The summed E-state index contributed by atoms with van der Waals surface area (Å²) < 4.78 is 1.68. The van der Waals surface area contributed by atoms with E-state index in [1.807, 2.05) is 62.5 Å². The summed E-state index contributed by atoms with van der Waals surface area (Å²) in [6.07, 6.45) is 6.47. The van der Waals surface area contributed by atoms with Crippen LogP contribution in [-0.2, 0) is 29.1 Å². The van der Waals surface area contributed by atoms with Gasteiger partial charge in [-0.2, -0.15) is 5.10 Å². The van der Waals surface area contributed by atoms with E-state index in [1.165, 1.54) is 0 Å². The number of rotatable bonds is 6. The molecular weight excluding hydrogens is 390 g/mol. The first-order valence-corrected chi connectivity index (χ1v) is 10.7. The van der Waals surface area contributed by atoms with Crippen LogP contribution in [0.4, 0.5) is 0 Å². The average Bonchev–Trinajstić information content (AvgIpc) is 3.35. The van der Waals surface area contributed by atoms with E-state index in [4.69, 9.17) is 0 Å². The largest absolute Gasteiger partial charge is 0.350 e. The van der Waals surface area contributed by atoms with Crippen LogP contribution < -0.4 is 5.32 Å². The number of aromatic nitrogens is 3. The maximum absolute atomic E-state index is 13.3. The molecule has 0 radical (unpaired) electrons. The molecule has 0 bridgehead atoms. The molecule has 0 unspecified atom stereocenters. The van der Waals surface area contributed by atoms with Gasteiger partial charge in [0, 0.05) is 49.6 Å². The number of nitrogens with zero attached hydrogens (tertiary/aromatic N) is 4. The lowest BCUT2D eigenvalue weighted by molar-refractivity contribution is -0.144. The molecular formula is C24H27N5O2. The molecule has 160 valence electrons.